The van der Waals surface area contributed by atoms with Gasteiger partial charge in [-0.05, 0) is 31.9 Å². The molecule has 9 heteroatoms. The van der Waals surface area contributed by atoms with Crippen LogP contribution in [0.5, 0.6) is 0 Å². The lowest BCUT2D eigenvalue weighted by Crippen LogP contribution is -2.34. The van der Waals surface area contributed by atoms with Crippen LogP contribution in [0, 0.1) is 0 Å². The highest BCUT2D eigenvalue weighted by molar-refractivity contribution is 5.85. The maximum atomic E-state index is 12.8. The van der Waals surface area contributed by atoms with Crippen LogP contribution in [0.1, 0.15) is 42.1 Å². The number of hydrogen-bond acceptors (Lipinski definition) is 5. The van der Waals surface area contributed by atoms with Crippen molar-refractivity contribution < 1.29 is 14.7 Å². The van der Waals surface area contributed by atoms with Gasteiger partial charge in [0.15, 0.2) is 5.69 Å². The van der Waals surface area contributed by atoms with Crippen molar-refractivity contribution in [2.24, 2.45) is 0 Å². The fraction of sp³-hybridized carbons (Fsp3) is 0.389. The Morgan fingerprint density at radius 1 is 1.30 bits per heavy atom. The molecule has 0 spiro atoms. The molecule has 1 atom stereocenters. The van der Waals surface area contributed by atoms with Gasteiger partial charge in [-0.1, -0.05) is 17.3 Å². The van der Waals surface area contributed by atoms with Gasteiger partial charge in [0.05, 0.1) is 23.3 Å². The number of aromatic nitrogens is 5. The van der Waals surface area contributed by atoms with Gasteiger partial charge in [-0.15, -0.1) is 5.10 Å². The van der Waals surface area contributed by atoms with Crippen LogP contribution in [0.4, 0.5) is 0 Å². The first-order valence-electron chi connectivity index (χ1n) is 8.96. The zero-order valence-corrected chi connectivity index (χ0v) is 14.9. The van der Waals surface area contributed by atoms with Crippen LogP contribution in [0.25, 0.3) is 11.0 Å². The highest BCUT2D eigenvalue weighted by Crippen LogP contribution is 2.33. The Bertz CT molecular complexity index is 1010. The summed E-state index contributed by atoms with van der Waals surface area (Å²) in [7, 11) is 0. The first kappa shape index (κ1) is 17.2. The van der Waals surface area contributed by atoms with E-state index in [0.717, 1.165) is 36.2 Å². The van der Waals surface area contributed by atoms with Crippen LogP contribution in [0.2, 0.25) is 0 Å². The SMILES string of the molecule is CCn1c(C2CCCN2C(=O)Cn2cc(C(=O)O)nn2)nc2ccccc21. The lowest BCUT2D eigenvalue weighted by atomic mass is 10.2. The zero-order valence-electron chi connectivity index (χ0n) is 14.9. The van der Waals surface area contributed by atoms with Gasteiger partial charge in [0.2, 0.25) is 5.91 Å². The second-order valence-corrected chi connectivity index (χ2v) is 6.55. The number of carboxylic acids is 1. The highest BCUT2D eigenvalue weighted by atomic mass is 16.4. The van der Waals surface area contributed by atoms with E-state index in [4.69, 9.17) is 10.1 Å². The Labute approximate surface area is 155 Å². The fourth-order valence-electron chi connectivity index (χ4n) is 3.72. The molecule has 1 saturated heterocycles. The van der Waals surface area contributed by atoms with Gasteiger partial charge in [0.1, 0.15) is 12.4 Å². The van der Waals surface area contributed by atoms with Gasteiger partial charge in [0.25, 0.3) is 0 Å². The number of para-hydroxylation sites is 2. The van der Waals surface area contributed by atoms with Crippen molar-refractivity contribution in [1.82, 2.24) is 29.4 Å². The predicted octanol–water partition coefficient (Wildman–Crippen LogP) is 1.71. The van der Waals surface area contributed by atoms with E-state index < -0.39 is 5.97 Å². The molecule has 1 aliphatic rings. The third kappa shape index (κ3) is 3.05. The smallest absolute Gasteiger partial charge is 0.358 e. The minimum atomic E-state index is -1.16. The molecule has 1 unspecified atom stereocenters. The van der Waals surface area contributed by atoms with E-state index in [-0.39, 0.29) is 24.2 Å². The number of imidazole rings is 1. The predicted molar refractivity (Wildman–Crippen MR) is 96.1 cm³/mol. The number of rotatable bonds is 5. The second-order valence-electron chi connectivity index (χ2n) is 6.55. The van der Waals surface area contributed by atoms with Crippen LogP contribution in [-0.4, -0.2) is 53.0 Å². The number of hydrogen-bond donors (Lipinski definition) is 1. The van der Waals surface area contributed by atoms with E-state index in [1.54, 1.807) is 0 Å². The van der Waals surface area contributed by atoms with Crippen LogP contribution in [-0.2, 0) is 17.9 Å². The topological polar surface area (TPSA) is 106 Å². The van der Waals surface area contributed by atoms with Crippen molar-refractivity contribution >= 4 is 22.9 Å². The largest absolute Gasteiger partial charge is 0.476 e. The quantitative estimate of drug-likeness (QED) is 0.735. The van der Waals surface area contributed by atoms with Crippen LogP contribution < -0.4 is 0 Å². The number of carbonyl (C=O) groups is 2. The van der Waals surface area contributed by atoms with Gasteiger partial charge in [-0.2, -0.15) is 0 Å². The molecule has 3 aromatic rings. The number of amides is 1. The highest BCUT2D eigenvalue weighted by Gasteiger charge is 2.33. The maximum Gasteiger partial charge on any atom is 0.358 e. The van der Waals surface area contributed by atoms with Crippen molar-refractivity contribution in [2.45, 2.75) is 38.9 Å². The van der Waals surface area contributed by atoms with Gasteiger partial charge < -0.3 is 14.6 Å². The number of aromatic carboxylic acids is 1. The Morgan fingerprint density at radius 3 is 2.85 bits per heavy atom. The Balaban J connectivity index is 1.60. The molecule has 1 aromatic carbocycles. The van der Waals surface area contributed by atoms with Gasteiger partial charge >= 0.3 is 5.97 Å². The monoisotopic (exact) mass is 368 g/mol. The number of benzene rings is 1. The van der Waals surface area contributed by atoms with Gasteiger partial charge in [0, 0.05) is 13.1 Å². The number of nitrogens with zero attached hydrogens (tertiary/aromatic N) is 6. The van der Waals surface area contributed by atoms with E-state index in [1.165, 1.54) is 10.9 Å². The summed E-state index contributed by atoms with van der Waals surface area (Å²) in [5.74, 6) is -0.382. The maximum absolute atomic E-state index is 12.8. The third-order valence-electron chi connectivity index (χ3n) is 4.93. The normalized spacial score (nSPS) is 16.9. The summed E-state index contributed by atoms with van der Waals surface area (Å²) < 4.78 is 3.42. The molecule has 1 amide bonds. The van der Waals surface area contributed by atoms with E-state index in [0.29, 0.717) is 6.54 Å². The van der Waals surface area contributed by atoms with Gasteiger partial charge in [-0.3, -0.25) is 4.79 Å². The first-order valence-corrected chi connectivity index (χ1v) is 8.96. The minimum absolute atomic E-state index is 0.0386. The average molecular weight is 368 g/mol. The Morgan fingerprint density at radius 2 is 2.11 bits per heavy atom. The van der Waals surface area contributed by atoms with Crippen LogP contribution >= 0.6 is 0 Å². The summed E-state index contributed by atoms with van der Waals surface area (Å²) in [6.07, 6.45) is 3.03. The van der Waals surface area contributed by atoms with Crippen LogP contribution in [0.3, 0.4) is 0 Å². The molecule has 140 valence electrons. The van der Waals surface area contributed by atoms with Crippen molar-refractivity contribution in [3.05, 3.63) is 42.0 Å². The summed E-state index contributed by atoms with van der Waals surface area (Å²) in [6.45, 7) is 3.46. The molecular weight excluding hydrogens is 348 g/mol. The molecular formula is C18H20N6O3. The van der Waals surface area contributed by atoms with Crippen molar-refractivity contribution in [3.8, 4) is 0 Å². The molecule has 2 aromatic heterocycles. The number of fused-ring (bicyclic) bond motifs is 1. The zero-order chi connectivity index (χ0) is 19.0. The molecule has 1 fully saturated rings. The molecule has 0 saturated carbocycles. The Kier molecular flexibility index (Phi) is 4.35. The lowest BCUT2D eigenvalue weighted by molar-refractivity contribution is -0.133. The Hall–Kier alpha value is -3.23. The summed E-state index contributed by atoms with van der Waals surface area (Å²) in [5.41, 5.74) is 1.82. The standard InChI is InChI=1S/C18H20N6O3/c1-2-23-14-7-4-3-6-12(14)19-17(23)15-8-5-9-24(15)16(25)11-22-10-13(18(26)27)20-21-22/h3-4,6-7,10,15H,2,5,8-9,11H2,1H3,(H,26,27). The molecule has 27 heavy (non-hydrogen) atoms. The average Bonchev–Trinajstić information content (AvgIpc) is 3.38. The van der Waals surface area contributed by atoms with E-state index in [1.807, 2.05) is 29.2 Å². The summed E-state index contributed by atoms with van der Waals surface area (Å²) in [5, 5.41) is 16.2. The molecule has 0 radical (unpaired) electrons. The van der Waals surface area contributed by atoms with Crippen molar-refractivity contribution in [2.75, 3.05) is 6.54 Å². The summed E-state index contributed by atoms with van der Waals surface area (Å²) >= 11 is 0. The van der Waals surface area contributed by atoms with E-state index in [9.17, 15) is 9.59 Å². The molecule has 1 aliphatic heterocycles. The number of aryl methyl sites for hydroxylation is 1. The summed E-state index contributed by atoms with van der Waals surface area (Å²) in [6, 6.07) is 7.88. The summed E-state index contributed by atoms with van der Waals surface area (Å²) in [4.78, 5) is 30.4. The molecule has 3 heterocycles. The number of likely N-dealkylation sites (tertiary alicyclic amines) is 1. The van der Waals surface area contributed by atoms with Crippen LogP contribution in [0.15, 0.2) is 30.5 Å². The molecule has 4 rings (SSSR count). The molecule has 0 aliphatic carbocycles. The van der Waals surface area contributed by atoms with Gasteiger partial charge in [-0.25, -0.2) is 14.5 Å². The van der Waals surface area contributed by atoms with Crippen molar-refractivity contribution in [3.63, 3.8) is 0 Å². The van der Waals surface area contributed by atoms with E-state index >= 15 is 0 Å². The fourth-order valence-corrected chi connectivity index (χ4v) is 3.72. The third-order valence-corrected chi connectivity index (χ3v) is 4.93. The lowest BCUT2D eigenvalue weighted by Gasteiger charge is -2.24. The van der Waals surface area contributed by atoms with E-state index in [2.05, 4.69) is 21.8 Å². The number of carbonyl (C=O) groups excluding carboxylic acids is 1. The second kappa shape index (κ2) is 6.82. The number of carboxylic acid groups (broad SMARTS) is 1. The van der Waals surface area contributed by atoms with Crippen molar-refractivity contribution in [1.29, 1.82) is 0 Å². The molecule has 9 nitrogen and oxygen atoms in total. The minimum Gasteiger partial charge on any atom is -0.476 e. The first-order chi connectivity index (χ1) is 13.1. The molecule has 0 bridgehead atoms. The molecule has 1 N–H and O–H groups in total.